The molecule has 0 amide bonds. The number of aryl methyl sites for hydroxylation is 1. The van der Waals surface area contributed by atoms with Gasteiger partial charge in [-0.25, -0.2) is 4.79 Å². The summed E-state index contributed by atoms with van der Waals surface area (Å²) in [5.74, 6) is -0.104. The fourth-order valence-electron chi connectivity index (χ4n) is 2.09. The highest BCUT2D eigenvalue weighted by atomic mass is 79.9. The van der Waals surface area contributed by atoms with Crippen LogP contribution in [0.5, 0.6) is 0 Å². The minimum atomic E-state index is -0.951. The highest BCUT2D eigenvalue weighted by molar-refractivity contribution is 9.10. The number of nitrogens with zero attached hydrogens (tertiary/aromatic N) is 2. The van der Waals surface area contributed by atoms with Gasteiger partial charge in [0, 0.05) is 15.6 Å². The Morgan fingerprint density at radius 1 is 1.14 bits per heavy atom. The van der Waals surface area contributed by atoms with Crippen LogP contribution in [0.25, 0.3) is 22.8 Å². The second-order valence-corrected chi connectivity index (χ2v) is 5.68. The Kier molecular flexibility index (Phi) is 3.77. The Balaban J connectivity index is 1.95. The van der Waals surface area contributed by atoms with Gasteiger partial charge < -0.3 is 9.63 Å². The lowest BCUT2D eigenvalue weighted by Crippen LogP contribution is -1.99. The summed E-state index contributed by atoms with van der Waals surface area (Å²) in [6.07, 6.45) is 0. The molecule has 0 atom stereocenters. The van der Waals surface area contributed by atoms with Crippen molar-refractivity contribution in [1.82, 2.24) is 10.1 Å². The maximum Gasteiger partial charge on any atom is 0.335 e. The molecular formula is C16H11BrN2O3. The quantitative estimate of drug-likeness (QED) is 0.760. The minimum Gasteiger partial charge on any atom is -0.478 e. The first-order valence-corrected chi connectivity index (χ1v) is 7.28. The molecule has 22 heavy (non-hydrogen) atoms. The van der Waals surface area contributed by atoms with E-state index in [1.165, 1.54) is 0 Å². The number of hydrogen-bond acceptors (Lipinski definition) is 4. The molecular weight excluding hydrogens is 348 g/mol. The first-order chi connectivity index (χ1) is 10.5. The van der Waals surface area contributed by atoms with Crippen molar-refractivity contribution >= 4 is 21.9 Å². The molecule has 0 aliphatic rings. The van der Waals surface area contributed by atoms with Crippen LogP contribution in [-0.2, 0) is 0 Å². The molecule has 110 valence electrons. The lowest BCUT2D eigenvalue weighted by molar-refractivity contribution is 0.0696. The number of benzene rings is 2. The van der Waals surface area contributed by atoms with Crippen LogP contribution in [0.2, 0.25) is 0 Å². The third-order valence-corrected chi connectivity index (χ3v) is 3.76. The fourth-order valence-corrected chi connectivity index (χ4v) is 2.36. The molecule has 0 aliphatic carbocycles. The topological polar surface area (TPSA) is 76.2 Å². The molecule has 3 rings (SSSR count). The van der Waals surface area contributed by atoms with Crippen LogP contribution in [0.15, 0.2) is 51.5 Å². The van der Waals surface area contributed by atoms with Crippen molar-refractivity contribution in [2.24, 2.45) is 0 Å². The number of carboxylic acid groups (broad SMARTS) is 1. The standard InChI is InChI=1S/C16H11BrN2O3/c1-9-8-11(4-7-13(9)16(20)21)14-18-15(22-19-14)10-2-5-12(17)6-3-10/h2-8H,1H3,(H,20,21). The van der Waals surface area contributed by atoms with Gasteiger partial charge in [0.15, 0.2) is 0 Å². The molecule has 6 heteroatoms. The van der Waals surface area contributed by atoms with Gasteiger partial charge in [0.2, 0.25) is 5.82 Å². The summed E-state index contributed by atoms with van der Waals surface area (Å²) in [6, 6.07) is 12.5. The molecule has 2 aromatic carbocycles. The molecule has 1 N–H and O–H groups in total. The van der Waals surface area contributed by atoms with Gasteiger partial charge in [-0.15, -0.1) is 0 Å². The van der Waals surface area contributed by atoms with Crippen LogP contribution in [-0.4, -0.2) is 21.2 Å². The van der Waals surface area contributed by atoms with Crippen molar-refractivity contribution in [2.45, 2.75) is 6.92 Å². The maximum atomic E-state index is 11.0. The molecule has 1 heterocycles. The summed E-state index contributed by atoms with van der Waals surface area (Å²) in [5.41, 5.74) is 2.45. The van der Waals surface area contributed by atoms with Gasteiger partial charge in [-0.2, -0.15) is 4.98 Å². The van der Waals surface area contributed by atoms with Crippen molar-refractivity contribution in [1.29, 1.82) is 0 Å². The number of rotatable bonds is 3. The maximum absolute atomic E-state index is 11.0. The van der Waals surface area contributed by atoms with E-state index in [1.54, 1.807) is 25.1 Å². The molecule has 0 saturated carbocycles. The van der Waals surface area contributed by atoms with Gasteiger partial charge in [-0.3, -0.25) is 0 Å². The van der Waals surface area contributed by atoms with Crippen LogP contribution >= 0.6 is 15.9 Å². The van der Waals surface area contributed by atoms with Crippen LogP contribution < -0.4 is 0 Å². The van der Waals surface area contributed by atoms with Crippen LogP contribution in [0, 0.1) is 6.92 Å². The largest absolute Gasteiger partial charge is 0.478 e. The Bertz CT molecular complexity index is 841. The molecule has 5 nitrogen and oxygen atoms in total. The van der Waals surface area contributed by atoms with Gasteiger partial charge in [0.25, 0.3) is 5.89 Å². The Hall–Kier alpha value is -2.47. The third-order valence-electron chi connectivity index (χ3n) is 3.23. The zero-order chi connectivity index (χ0) is 15.7. The first-order valence-electron chi connectivity index (χ1n) is 6.48. The number of halogens is 1. The average molecular weight is 359 g/mol. The number of aromatic carboxylic acids is 1. The molecule has 0 radical (unpaired) electrons. The van der Waals surface area contributed by atoms with Crippen LogP contribution in [0.3, 0.4) is 0 Å². The third kappa shape index (κ3) is 2.78. The average Bonchev–Trinajstić information content (AvgIpc) is 2.97. The fraction of sp³-hybridized carbons (Fsp3) is 0.0625. The van der Waals surface area contributed by atoms with Crippen molar-refractivity contribution in [3.63, 3.8) is 0 Å². The van der Waals surface area contributed by atoms with Gasteiger partial charge in [0.1, 0.15) is 0 Å². The van der Waals surface area contributed by atoms with E-state index in [1.807, 2.05) is 24.3 Å². The Labute approximate surface area is 134 Å². The van der Waals surface area contributed by atoms with Gasteiger partial charge >= 0.3 is 5.97 Å². The molecule has 0 fully saturated rings. The molecule has 1 aromatic heterocycles. The number of aromatic nitrogens is 2. The first kappa shape index (κ1) is 14.5. The van der Waals surface area contributed by atoms with Crippen molar-refractivity contribution in [3.8, 4) is 22.8 Å². The van der Waals surface area contributed by atoms with E-state index in [2.05, 4.69) is 26.1 Å². The molecule has 3 aromatic rings. The van der Waals surface area contributed by atoms with Crippen LogP contribution in [0.4, 0.5) is 0 Å². The summed E-state index contributed by atoms with van der Waals surface area (Å²) in [5, 5.41) is 13.0. The van der Waals surface area contributed by atoms with E-state index in [9.17, 15) is 4.79 Å². The summed E-state index contributed by atoms with van der Waals surface area (Å²) in [7, 11) is 0. The van der Waals surface area contributed by atoms with Crippen molar-refractivity contribution in [2.75, 3.05) is 0 Å². The molecule has 0 unspecified atom stereocenters. The van der Waals surface area contributed by atoms with E-state index >= 15 is 0 Å². The number of carboxylic acids is 1. The second kappa shape index (κ2) is 5.73. The van der Waals surface area contributed by atoms with E-state index in [0.29, 0.717) is 17.3 Å². The highest BCUT2D eigenvalue weighted by Gasteiger charge is 2.13. The van der Waals surface area contributed by atoms with Crippen molar-refractivity contribution in [3.05, 3.63) is 58.1 Å². The number of carbonyl (C=O) groups is 1. The lowest BCUT2D eigenvalue weighted by Gasteiger charge is -2.01. The van der Waals surface area contributed by atoms with E-state index in [0.717, 1.165) is 15.6 Å². The Morgan fingerprint density at radius 3 is 2.45 bits per heavy atom. The van der Waals surface area contributed by atoms with E-state index in [4.69, 9.17) is 9.63 Å². The zero-order valence-corrected chi connectivity index (χ0v) is 13.2. The predicted octanol–water partition coefficient (Wildman–Crippen LogP) is 4.17. The van der Waals surface area contributed by atoms with E-state index < -0.39 is 5.97 Å². The van der Waals surface area contributed by atoms with E-state index in [-0.39, 0.29) is 5.56 Å². The lowest BCUT2D eigenvalue weighted by atomic mass is 10.0. The van der Waals surface area contributed by atoms with Crippen molar-refractivity contribution < 1.29 is 14.4 Å². The molecule has 0 aliphatic heterocycles. The summed E-state index contributed by atoms with van der Waals surface area (Å²) in [6.45, 7) is 1.74. The number of hydrogen-bond donors (Lipinski definition) is 1. The summed E-state index contributed by atoms with van der Waals surface area (Å²) < 4.78 is 6.24. The van der Waals surface area contributed by atoms with Gasteiger partial charge in [-0.05, 0) is 48.9 Å². The molecule has 0 saturated heterocycles. The molecule has 0 spiro atoms. The normalized spacial score (nSPS) is 10.6. The second-order valence-electron chi connectivity index (χ2n) is 4.76. The Morgan fingerprint density at radius 2 is 1.82 bits per heavy atom. The summed E-state index contributed by atoms with van der Waals surface area (Å²) >= 11 is 3.37. The predicted molar refractivity (Wildman–Crippen MR) is 84.6 cm³/mol. The highest BCUT2D eigenvalue weighted by Crippen LogP contribution is 2.25. The zero-order valence-electron chi connectivity index (χ0n) is 11.6. The summed E-state index contributed by atoms with van der Waals surface area (Å²) in [4.78, 5) is 15.4. The minimum absolute atomic E-state index is 0.264. The van der Waals surface area contributed by atoms with Gasteiger partial charge in [0.05, 0.1) is 5.56 Å². The molecule has 0 bridgehead atoms. The monoisotopic (exact) mass is 358 g/mol. The SMILES string of the molecule is Cc1cc(-c2noc(-c3ccc(Br)cc3)n2)ccc1C(=O)O. The van der Waals surface area contributed by atoms with Crippen LogP contribution in [0.1, 0.15) is 15.9 Å². The van der Waals surface area contributed by atoms with Gasteiger partial charge in [-0.1, -0.05) is 27.2 Å². The smallest absolute Gasteiger partial charge is 0.335 e.